The quantitative estimate of drug-likeness (QED) is 0.639. The van der Waals surface area contributed by atoms with Crippen LogP contribution < -0.4 is 4.74 Å². The Morgan fingerprint density at radius 2 is 2.08 bits per heavy atom. The van der Waals surface area contributed by atoms with Crippen molar-refractivity contribution in [2.45, 2.75) is 6.42 Å². The molecular weight excluding hydrogens is 358 g/mol. The van der Waals surface area contributed by atoms with Crippen LogP contribution in [0.15, 0.2) is 41.3 Å². The second kappa shape index (κ2) is 7.25. The van der Waals surface area contributed by atoms with Crippen molar-refractivity contribution in [2.24, 2.45) is 0 Å². The standard InChI is InChI=1S/C18H15NO4S2/c1-19-17(22)15(25-18(19)24)10-13-12-5-3-2-4-11(12)6-7-14(13)23-9-8-16(20)21/h2-7,10H,8-9H2,1H3,(H,20,21)/b15-10+. The highest BCUT2D eigenvalue weighted by Crippen LogP contribution is 2.36. The van der Waals surface area contributed by atoms with E-state index in [1.807, 2.05) is 30.3 Å². The lowest BCUT2D eigenvalue weighted by molar-refractivity contribution is -0.137. The molecule has 0 bridgehead atoms. The minimum atomic E-state index is -0.922. The van der Waals surface area contributed by atoms with E-state index < -0.39 is 5.97 Å². The van der Waals surface area contributed by atoms with E-state index in [9.17, 15) is 9.59 Å². The normalized spacial score (nSPS) is 16.0. The van der Waals surface area contributed by atoms with Gasteiger partial charge in [0, 0.05) is 12.6 Å². The van der Waals surface area contributed by atoms with Crippen molar-refractivity contribution in [3.63, 3.8) is 0 Å². The van der Waals surface area contributed by atoms with Gasteiger partial charge in [0.1, 0.15) is 10.1 Å². The molecule has 25 heavy (non-hydrogen) atoms. The molecule has 1 heterocycles. The van der Waals surface area contributed by atoms with Crippen molar-refractivity contribution in [1.29, 1.82) is 0 Å². The van der Waals surface area contributed by atoms with Gasteiger partial charge in [0.05, 0.1) is 17.9 Å². The summed E-state index contributed by atoms with van der Waals surface area (Å²) in [6.07, 6.45) is 1.67. The smallest absolute Gasteiger partial charge is 0.306 e. The molecule has 0 saturated carbocycles. The third-order valence-corrected chi connectivity index (χ3v) is 5.25. The van der Waals surface area contributed by atoms with E-state index in [0.717, 1.165) is 16.3 Å². The van der Waals surface area contributed by atoms with Gasteiger partial charge in [-0.1, -0.05) is 54.3 Å². The van der Waals surface area contributed by atoms with E-state index in [2.05, 4.69) is 0 Å². The molecule has 2 aromatic carbocycles. The predicted molar refractivity (Wildman–Crippen MR) is 103 cm³/mol. The number of carboxylic acids is 1. The minimum Gasteiger partial charge on any atom is -0.492 e. The van der Waals surface area contributed by atoms with Crippen LogP contribution in [0, 0.1) is 0 Å². The highest BCUT2D eigenvalue weighted by molar-refractivity contribution is 8.26. The number of thioether (sulfide) groups is 1. The second-order valence-electron chi connectivity index (χ2n) is 5.43. The van der Waals surface area contributed by atoms with Crippen LogP contribution in [0.2, 0.25) is 0 Å². The van der Waals surface area contributed by atoms with Crippen LogP contribution in [0.1, 0.15) is 12.0 Å². The largest absolute Gasteiger partial charge is 0.492 e. The second-order valence-corrected chi connectivity index (χ2v) is 7.11. The van der Waals surface area contributed by atoms with Crippen LogP contribution in [0.3, 0.4) is 0 Å². The van der Waals surface area contributed by atoms with Crippen molar-refractivity contribution in [2.75, 3.05) is 13.7 Å². The summed E-state index contributed by atoms with van der Waals surface area (Å²) in [6.45, 7) is 0.0588. The average molecular weight is 373 g/mol. The van der Waals surface area contributed by atoms with E-state index in [-0.39, 0.29) is 18.9 Å². The third kappa shape index (κ3) is 3.67. The van der Waals surface area contributed by atoms with E-state index in [1.165, 1.54) is 16.7 Å². The first-order valence-corrected chi connectivity index (χ1v) is 8.78. The summed E-state index contributed by atoms with van der Waals surface area (Å²) in [6, 6.07) is 11.5. The summed E-state index contributed by atoms with van der Waals surface area (Å²) in [7, 11) is 1.64. The summed E-state index contributed by atoms with van der Waals surface area (Å²) in [4.78, 5) is 25.0. The number of ether oxygens (including phenoxy) is 1. The molecule has 5 nitrogen and oxygen atoms in total. The van der Waals surface area contributed by atoms with Crippen molar-refractivity contribution >= 4 is 57.0 Å². The highest BCUT2D eigenvalue weighted by atomic mass is 32.2. The Labute approximate surface area is 154 Å². The summed E-state index contributed by atoms with van der Waals surface area (Å²) in [5.74, 6) is -0.532. The van der Waals surface area contributed by atoms with Crippen LogP contribution in [0.5, 0.6) is 5.75 Å². The SMILES string of the molecule is CN1C(=O)/C(=C\c2c(OCCC(=O)O)ccc3ccccc23)SC1=S. The average Bonchev–Trinajstić information content (AvgIpc) is 2.83. The Morgan fingerprint density at radius 3 is 2.76 bits per heavy atom. The number of fused-ring (bicyclic) bond motifs is 1. The van der Waals surface area contributed by atoms with Crippen LogP contribution in [-0.4, -0.2) is 39.9 Å². The van der Waals surface area contributed by atoms with Gasteiger partial charge in [-0.15, -0.1) is 0 Å². The summed E-state index contributed by atoms with van der Waals surface area (Å²) in [5, 5.41) is 10.7. The summed E-state index contributed by atoms with van der Waals surface area (Å²) < 4.78 is 6.17. The molecule has 128 valence electrons. The summed E-state index contributed by atoms with van der Waals surface area (Å²) in [5.41, 5.74) is 0.748. The number of rotatable bonds is 5. The molecule has 1 amide bonds. The maximum absolute atomic E-state index is 12.3. The molecule has 1 aliphatic heterocycles. The Bertz CT molecular complexity index is 907. The molecule has 0 radical (unpaired) electrons. The number of likely N-dealkylation sites (N-methyl/N-ethyl adjacent to an activating group) is 1. The molecular formula is C18H15NO4S2. The zero-order valence-electron chi connectivity index (χ0n) is 13.4. The molecule has 1 fully saturated rings. The number of carbonyl (C=O) groups excluding carboxylic acids is 1. The van der Waals surface area contributed by atoms with E-state index >= 15 is 0 Å². The molecule has 0 spiro atoms. The van der Waals surface area contributed by atoms with Crippen molar-refractivity contribution in [3.8, 4) is 5.75 Å². The number of nitrogens with zero attached hydrogens (tertiary/aromatic N) is 1. The number of amides is 1. The van der Waals surface area contributed by atoms with Gasteiger partial charge in [-0.2, -0.15) is 0 Å². The fourth-order valence-corrected chi connectivity index (χ4v) is 3.64. The lowest BCUT2D eigenvalue weighted by atomic mass is 10.0. The van der Waals surface area contributed by atoms with Crippen molar-refractivity contribution < 1.29 is 19.4 Å². The number of aliphatic carboxylic acids is 1. The fraction of sp³-hybridized carbons (Fsp3) is 0.167. The fourth-order valence-electron chi connectivity index (χ4n) is 2.48. The number of benzene rings is 2. The number of thiocarbonyl (C=S) groups is 1. The van der Waals surface area contributed by atoms with Crippen LogP contribution in [0.25, 0.3) is 16.8 Å². The Kier molecular flexibility index (Phi) is 5.06. The number of hydrogen-bond donors (Lipinski definition) is 1. The molecule has 0 aromatic heterocycles. The molecule has 3 rings (SSSR count). The molecule has 0 aliphatic carbocycles. The van der Waals surface area contributed by atoms with Gasteiger partial charge in [-0.3, -0.25) is 14.5 Å². The van der Waals surface area contributed by atoms with Crippen molar-refractivity contribution in [1.82, 2.24) is 4.90 Å². The monoisotopic (exact) mass is 373 g/mol. The van der Waals surface area contributed by atoms with Gasteiger partial charge in [-0.05, 0) is 22.9 Å². The molecule has 2 aromatic rings. The molecule has 7 heteroatoms. The number of carboxylic acid groups (broad SMARTS) is 1. The van der Waals surface area contributed by atoms with E-state index in [1.54, 1.807) is 19.2 Å². The Hall–Kier alpha value is -2.38. The van der Waals surface area contributed by atoms with Crippen molar-refractivity contribution in [3.05, 3.63) is 46.9 Å². The van der Waals surface area contributed by atoms with E-state index in [4.69, 9.17) is 22.1 Å². The van der Waals surface area contributed by atoms with Gasteiger partial charge in [0.2, 0.25) is 0 Å². The van der Waals surface area contributed by atoms with Crippen LogP contribution >= 0.6 is 24.0 Å². The van der Waals surface area contributed by atoms with Crippen LogP contribution in [-0.2, 0) is 9.59 Å². The van der Waals surface area contributed by atoms with Gasteiger partial charge >= 0.3 is 5.97 Å². The molecule has 1 N–H and O–H groups in total. The molecule has 0 atom stereocenters. The molecule has 1 saturated heterocycles. The maximum Gasteiger partial charge on any atom is 0.306 e. The highest BCUT2D eigenvalue weighted by Gasteiger charge is 2.29. The lowest BCUT2D eigenvalue weighted by Crippen LogP contribution is -2.22. The first-order valence-electron chi connectivity index (χ1n) is 7.55. The first kappa shape index (κ1) is 17.4. The number of hydrogen-bond acceptors (Lipinski definition) is 5. The lowest BCUT2D eigenvalue weighted by Gasteiger charge is -2.12. The third-order valence-electron chi connectivity index (χ3n) is 3.77. The number of carbonyl (C=O) groups is 2. The zero-order chi connectivity index (χ0) is 18.0. The molecule has 1 aliphatic rings. The zero-order valence-corrected chi connectivity index (χ0v) is 15.0. The predicted octanol–water partition coefficient (Wildman–Crippen LogP) is 3.52. The maximum atomic E-state index is 12.3. The first-order chi connectivity index (χ1) is 12.0. The van der Waals surface area contributed by atoms with Crippen LogP contribution in [0.4, 0.5) is 0 Å². The van der Waals surface area contributed by atoms with Gasteiger partial charge in [0.25, 0.3) is 5.91 Å². The topological polar surface area (TPSA) is 66.8 Å². The van der Waals surface area contributed by atoms with Gasteiger partial charge in [0.15, 0.2) is 0 Å². The van der Waals surface area contributed by atoms with Gasteiger partial charge in [-0.25, -0.2) is 0 Å². The molecule has 0 unspecified atom stereocenters. The Morgan fingerprint density at radius 1 is 1.32 bits per heavy atom. The summed E-state index contributed by atoms with van der Waals surface area (Å²) >= 11 is 6.41. The van der Waals surface area contributed by atoms with Gasteiger partial charge < -0.3 is 9.84 Å². The Balaban J connectivity index is 2.05. The minimum absolute atomic E-state index is 0.0588. The van der Waals surface area contributed by atoms with E-state index in [0.29, 0.717) is 15.0 Å².